The molecule has 0 aliphatic rings. The van der Waals surface area contributed by atoms with E-state index < -0.39 is 0 Å². The average Bonchev–Trinajstić information content (AvgIpc) is 2.83. The van der Waals surface area contributed by atoms with Crippen molar-refractivity contribution < 1.29 is 9.53 Å². The van der Waals surface area contributed by atoms with E-state index in [2.05, 4.69) is 24.4 Å². The molecule has 0 aliphatic carbocycles. The number of alkyl carbamates (subject to hydrolysis) is 1. The molecule has 1 aromatic heterocycles. The number of benzene rings is 1. The molecule has 0 saturated heterocycles. The Bertz CT molecular complexity index is 551. The number of hydrogen-bond acceptors (Lipinski definition) is 3. The highest BCUT2D eigenvalue weighted by Crippen LogP contribution is 2.16. The summed E-state index contributed by atoms with van der Waals surface area (Å²) in [6.07, 6.45) is 0.466. The van der Waals surface area contributed by atoms with Gasteiger partial charge in [-0.25, -0.2) is 4.79 Å². The molecule has 1 aromatic carbocycles. The number of amides is 1. The van der Waals surface area contributed by atoms with E-state index in [1.165, 1.54) is 9.75 Å². The normalized spacial score (nSPS) is 11.9. The van der Waals surface area contributed by atoms with Crippen molar-refractivity contribution in [2.45, 2.75) is 32.9 Å². The minimum absolute atomic E-state index is 0.0660. The number of aryl methyl sites for hydroxylation is 1. The summed E-state index contributed by atoms with van der Waals surface area (Å²) in [4.78, 5) is 14.3. The molecule has 0 aliphatic heterocycles. The van der Waals surface area contributed by atoms with Gasteiger partial charge in [0.1, 0.15) is 6.61 Å². The summed E-state index contributed by atoms with van der Waals surface area (Å²) in [5, 5.41) is 2.85. The topological polar surface area (TPSA) is 38.3 Å². The van der Waals surface area contributed by atoms with Crippen molar-refractivity contribution in [2.75, 3.05) is 0 Å². The van der Waals surface area contributed by atoms with Crippen molar-refractivity contribution in [3.05, 3.63) is 57.8 Å². The number of hydrogen-bond donors (Lipinski definition) is 1. The highest BCUT2D eigenvalue weighted by Gasteiger charge is 2.10. The summed E-state index contributed by atoms with van der Waals surface area (Å²) in [6, 6.07) is 13.9. The van der Waals surface area contributed by atoms with E-state index in [0.717, 1.165) is 12.0 Å². The number of carbonyl (C=O) groups excluding carboxylic acids is 1. The standard InChI is InChI=1S/C16H19NO2S/c1-12(10-15-9-8-13(2)20-15)17-16(18)19-11-14-6-4-3-5-7-14/h3-9,12H,10-11H2,1-2H3,(H,17,18). The Morgan fingerprint density at radius 2 is 2.00 bits per heavy atom. The SMILES string of the molecule is Cc1ccc(CC(C)NC(=O)OCc2ccccc2)s1. The number of nitrogens with one attached hydrogen (secondary N) is 1. The van der Waals surface area contributed by atoms with Gasteiger partial charge in [-0.05, 0) is 31.5 Å². The van der Waals surface area contributed by atoms with Crippen molar-refractivity contribution >= 4 is 17.4 Å². The zero-order valence-corrected chi connectivity index (χ0v) is 12.6. The van der Waals surface area contributed by atoms with Gasteiger partial charge in [-0.2, -0.15) is 0 Å². The predicted octanol–water partition coefficient (Wildman–Crippen LogP) is 3.91. The summed E-state index contributed by atoms with van der Waals surface area (Å²) < 4.78 is 5.19. The molecule has 1 unspecified atom stereocenters. The Morgan fingerprint density at radius 1 is 1.25 bits per heavy atom. The van der Waals surface area contributed by atoms with Gasteiger partial charge in [0.25, 0.3) is 0 Å². The van der Waals surface area contributed by atoms with Crippen LogP contribution in [0.5, 0.6) is 0 Å². The van der Waals surface area contributed by atoms with Crippen molar-refractivity contribution in [2.24, 2.45) is 0 Å². The smallest absolute Gasteiger partial charge is 0.407 e. The third-order valence-electron chi connectivity index (χ3n) is 2.88. The van der Waals surface area contributed by atoms with Crippen LogP contribution in [0.3, 0.4) is 0 Å². The van der Waals surface area contributed by atoms with Crippen molar-refractivity contribution in [1.82, 2.24) is 5.32 Å². The molecule has 0 radical (unpaired) electrons. The molecule has 4 heteroatoms. The zero-order chi connectivity index (χ0) is 14.4. The van der Waals surface area contributed by atoms with E-state index in [0.29, 0.717) is 6.61 Å². The molecule has 1 amide bonds. The molecular formula is C16H19NO2S. The molecule has 3 nitrogen and oxygen atoms in total. The second-order valence-corrected chi connectivity index (χ2v) is 6.20. The van der Waals surface area contributed by atoms with E-state index in [1.54, 1.807) is 11.3 Å². The van der Waals surface area contributed by atoms with Crippen LogP contribution in [0, 0.1) is 6.92 Å². The van der Waals surface area contributed by atoms with E-state index in [4.69, 9.17) is 4.74 Å². The lowest BCUT2D eigenvalue weighted by molar-refractivity contribution is 0.136. The molecule has 1 heterocycles. The second-order valence-electron chi connectivity index (χ2n) is 4.82. The van der Waals surface area contributed by atoms with E-state index in [9.17, 15) is 4.79 Å². The van der Waals surface area contributed by atoms with Crippen LogP contribution in [0.15, 0.2) is 42.5 Å². The number of rotatable bonds is 5. The molecular weight excluding hydrogens is 270 g/mol. The van der Waals surface area contributed by atoms with Gasteiger partial charge in [0.05, 0.1) is 0 Å². The summed E-state index contributed by atoms with van der Waals surface area (Å²) in [5.74, 6) is 0. The van der Waals surface area contributed by atoms with Crippen LogP contribution in [-0.2, 0) is 17.8 Å². The van der Waals surface area contributed by atoms with E-state index >= 15 is 0 Å². The van der Waals surface area contributed by atoms with Gasteiger partial charge in [-0.15, -0.1) is 11.3 Å². The Labute approximate surface area is 123 Å². The number of ether oxygens (including phenoxy) is 1. The molecule has 0 spiro atoms. The molecule has 1 N–H and O–H groups in total. The van der Waals surface area contributed by atoms with Crippen LogP contribution >= 0.6 is 11.3 Å². The fourth-order valence-electron chi connectivity index (χ4n) is 1.91. The fraction of sp³-hybridized carbons (Fsp3) is 0.312. The fourth-order valence-corrected chi connectivity index (χ4v) is 2.93. The van der Waals surface area contributed by atoms with Crippen molar-refractivity contribution in [1.29, 1.82) is 0 Å². The van der Waals surface area contributed by atoms with Crippen LogP contribution in [0.1, 0.15) is 22.2 Å². The molecule has 2 aromatic rings. The largest absolute Gasteiger partial charge is 0.445 e. The van der Waals surface area contributed by atoms with Gasteiger partial charge in [0.2, 0.25) is 0 Å². The summed E-state index contributed by atoms with van der Waals surface area (Å²) in [6.45, 7) is 4.37. The molecule has 0 fully saturated rings. The monoisotopic (exact) mass is 289 g/mol. The highest BCUT2D eigenvalue weighted by atomic mass is 32.1. The summed E-state index contributed by atoms with van der Waals surface area (Å²) in [7, 11) is 0. The highest BCUT2D eigenvalue weighted by molar-refractivity contribution is 7.11. The van der Waals surface area contributed by atoms with Crippen LogP contribution in [-0.4, -0.2) is 12.1 Å². The predicted molar refractivity (Wildman–Crippen MR) is 82.0 cm³/mol. The van der Waals surface area contributed by atoms with Gasteiger partial charge >= 0.3 is 6.09 Å². The van der Waals surface area contributed by atoms with Crippen LogP contribution in [0.4, 0.5) is 4.79 Å². The first-order valence-corrected chi connectivity index (χ1v) is 7.47. The number of thiophene rings is 1. The summed E-state index contributed by atoms with van der Waals surface area (Å²) >= 11 is 1.76. The van der Waals surface area contributed by atoms with Gasteiger partial charge in [-0.3, -0.25) is 0 Å². The molecule has 20 heavy (non-hydrogen) atoms. The van der Waals surface area contributed by atoms with Crippen LogP contribution in [0.2, 0.25) is 0 Å². The Morgan fingerprint density at radius 3 is 2.65 bits per heavy atom. The second kappa shape index (κ2) is 7.10. The Hall–Kier alpha value is -1.81. The first kappa shape index (κ1) is 14.6. The maximum absolute atomic E-state index is 11.7. The van der Waals surface area contributed by atoms with Crippen LogP contribution < -0.4 is 5.32 Å². The first-order valence-electron chi connectivity index (χ1n) is 6.66. The molecule has 1 atom stereocenters. The Kier molecular flexibility index (Phi) is 5.18. The third kappa shape index (κ3) is 4.70. The van der Waals surface area contributed by atoms with E-state index in [1.807, 2.05) is 37.3 Å². The zero-order valence-electron chi connectivity index (χ0n) is 11.8. The van der Waals surface area contributed by atoms with Gasteiger partial charge < -0.3 is 10.1 Å². The molecule has 2 rings (SSSR count). The lowest BCUT2D eigenvalue weighted by Gasteiger charge is -2.13. The quantitative estimate of drug-likeness (QED) is 0.906. The van der Waals surface area contributed by atoms with Crippen molar-refractivity contribution in [3.63, 3.8) is 0 Å². The summed E-state index contributed by atoms with van der Waals surface area (Å²) in [5.41, 5.74) is 0.990. The van der Waals surface area contributed by atoms with Gasteiger partial charge in [0.15, 0.2) is 0 Å². The third-order valence-corrected chi connectivity index (χ3v) is 3.90. The maximum Gasteiger partial charge on any atom is 0.407 e. The Balaban J connectivity index is 1.73. The van der Waals surface area contributed by atoms with Gasteiger partial charge in [0, 0.05) is 22.2 Å². The minimum Gasteiger partial charge on any atom is -0.445 e. The van der Waals surface area contributed by atoms with Gasteiger partial charge in [-0.1, -0.05) is 30.3 Å². The minimum atomic E-state index is -0.366. The lowest BCUT2D eigenvalue weighted by Crippen LogP contribution is -2.34. The maximum atomic E-state index is 11.7. The van der Waals surface area contributed by atoms with Crippen molar-refractivity contribution in [3.8, 4) is 0 Å². The molecule has 0 saturated carbocycles. The lowest BCUT2D eigenvalue weighted by atomic mass is 10.2. The molecule has 0 bridgehead atoms. The average molecular weight is 289 g/mol. The molecule has 106 valence electrons. The van der Waals surface area contributed by atoms with E-state index in [-0.39, 0.29) is 12.1 Å². The number of carbonyl (C=O) groups is 1. The van der Waals surface area contributed by atoms with Crippen LogP contribution in [0.25, 0.3) is 0 Å². The first-order chi connectivity index (χ1) is 9.63.